The Balaban J connectivity index is 1.67. The molecule has 1 heterocycles. The number of hydrogen-bond donors (Lipinski definition) is 1. The van der Waals surface area contributed by atoms with Gasteiger partial charge in [0.15, 0.2) is 0 Å². The monoisotopic (exact) mass is 337 g/mol. The number of likely N-dealkylation sites (tertiary alicyclic amines) is 1. The molecule has 1 fully saturated rings. The third-order valence-corrected chi connectivity index (χ3v) is 4.41. The SMILES string of the molecule is CN(C)c1cccc(C(=O)Nc2ccc(C(=O)N3CCCC3)cc2)c1. The first-order valence-corrected chi connectivity index (χ1v) is 8.53. The first-order chi connectivity index (χ1) is 12.0. The molecular weight excluding hydrogens is 314 g/mol. The van der Waals surface area contributed by atoms with Crippen LogP contribution < -0.4 is 10.2 Å². The van der Waals surface area contributed by atoms with E-state index in [1.54, 1.807) is 30.3 Å². The molecule has 2 amide bonds. The predicted molar refractivity (Wildman–Crippen MR) is 100 cm³/mol. The molecule has 0 atom stereocenters. The zero-order valence-electron chi connectivity index (χ0n) is 14.7. The van der Waals surface area contributed by atoms with Gasteiger partial charge in [-0.3, -0.25) is 9.59 Å². The summed E-state index contributed by atoms with van der Waals surface area (Å²) in [5, 5.41) is 2.88. The smallest absolute Gasteiger partial charge is 0.255 e. The average Bonchev–Trinajstić information content (AvgIpc) is 3.16. The second kappa shape index (κ2) is 7.38. The molecule has 1 saturated heterocycles. The number of hydrogen-bond acceptors (Lipinski definition) is 3. The summed E-state index contributed by atoms with van der Waals surface area (Å²) in [6.07, 6.45) is 2.15. The lowest BCUT2D eigenvalue weighted by Crippen LogP contribution is -2.27. The van der Waals surface area contributed by atoms with Gasteiger partial charge >= 0.3 is 0 Å². The number of nitrogens with zero attached hydrogens (tertiary/aromatic N) is 2. The van der Waals surface area contributed by atoms with E-state index in [1.165, 1.54) is 0 Å². The standard InChI is InChI=1S/C20H23N3O2/c1-22(2)18-7-5-6-16(14-18)19(24)21-17-10-8-15(9-11-17)20(25)23-12-3-4-13-23/h5-11,14H,3-4,12-13H2,1-2H3,(H,21,24). The molecule has 130 valence electrons. The third-order valence-electron chi connectivity index (χ3n) is 4.41. The van der Waals surface area contributed by atoms with Crippen LogP contribution in [0.2, 0.25) is 0 Å². The molecule has 1 aliphatic heterocycles. The molecule has 1 aliphatic rings. The van der Waals surface area contributed by atoms with Crippen LogP contribution in [0.4, 0.5) is 11.4 Å². The normalized spacial score (nSPS) is 13.6. The largest absolute Gasteiger partial charge is 0.378 e. The third kappa shape index (κ3) is 3.99. The van der Waals surface area contributed by atoms with Crippen LogP contribution >= 0.6 is 0 Å². The Morgan fingerprint density at radius 3 is 2.28 bits per heavy atom. The molecule has 5 nitrogen and oxygen atoms in total. The predicted octanol–water partition coefficient (Wildman–Crippen LogP) is 3.24. The van der Waals surface area contributed by atoms with Crippen molar-refractivity contribution in [3.63, 3.8) is 0 Å². The van der Waals surface area contributed by atoms with Gasteiger partial charge in [-0.05, 0) is 55.3 Å². The lowest BCUT2D eigenvalue weighted by molar-refractivity contribution is 0.0792. The molecule has 0 saturated carbocycles. The summed E-state index contributed by atoms with van der Waals surface area (Å²) in [5.74, 6) is -0.101. The van der Waals surface area contributed by atoms with E-state index in [4.69, 9.17) is 0 Å². The maximum atomic E-state index is 12.4. The van der Waals surface area contributed by atoms with Gasteiger partial charge in [0.25, 0.3) is 11.8 Å². The second-order valence-electron chi connectivity index (χ2n) is 6.48. The first-order valence-electron chi connectivity index (χ1n) is 8.53. The highest BCUT2D eigenvalue weighted by atomic mass is 16.2. The van der Waals surface area contributed by atoms with Crippen molar-refractivity contribution in [3.8, 4) is 0 Å². The maximum absolute atomic E-state index is 12.4. The minimum absolute atomic E-state index is 0.0639. The number of benzene rings is 2. The van der Waals surface area contributed by atoms with E-state index >= 15 is 0 Å². The molecule has 1 N–H and O–H groups in total. The summed E-state index contributed by atoms with van der Waals surface area (Å²) in [7, 11) is 3.88. The molecule has 0 aliphatic carbocycles. The molecule has 0 bridgehead atoms. The summed E-state index contributed by atoms with van der Waals surface area (Å²) in [5.41, 5.74) is 2.91. The van der Waals surface area contributed by atoms with E-state index in [9.17, 15) is 9.59 Å². The highest BCUT2D eigenvalue weighted by Gasteiger charge is 2.19. The van der Waals surface area contributed by atoms with E-state index < -0.39 is 0 Å². The van der Waals surface area contributed by atoms with Gasteiger partial charge in [-0.2, -0.15) is 0 Å². The molecule has 3 rings (SSSR count). The van der Waals surface area contributed by atoms with Crippen molar-refractivity contribution in [2.45, 2.75) is 12.8 Å². The summed E-state index contributed by atoms with van der Waals surface area (Å²) >= 11 is 0. The Morgan fingerprint density at radius 2 is 1.64 bits per heavy atom. The number of rotatable bonds is 4. The molecule has 0 aromatic heterocycles. The molecule has 2 aromatic rings. The minimum Gasteiger partial charge on any atom is -0.378 e. The second-order valence-corrected chi connectivity index (χ2v) is 6.48. The first kappa shape index (κ1) is 17.0. The van der Waals surface area contributed by atoms with Crippen LogP contribution in [0.25, 0.3) is 0 Å². The molecule has 5 heteroatoms. The number of amides is 2. The molecule has 2 aromatic carbocycles. The topological polar surface area (TPSA) is 52.7 Å². The van der Waals surface area contributed by atoms with Crippen molar-refractivity contribution in [1.29, 1.82) is 0 Å². The number of anilines is 2. The summed E-state index contributed by atoms with van der Waals surface area (Å²) in [6.45, 7) is 1.67. The zero-order chi connectivity index (χ0) is 17.8. The van der Waals surface area contributed by atoms with Crippen LogP contribution in [0.15, 0.2) is 48.5 Å². The van der Waals surface area contributed by atoms with Gasteiger partial charge in [0.05, 0.1) is 0 Å². The Labute approximate surface area is 148 Å². The Bertz CT molecular complexity index is 763. The molecule has 0 unspecified atom stereocenters. The van der Waals surface area contributed by atoms with Gasteiger partial charge in [0.1, 0.15) is 0 Å². The van der Waals surface area contributed by atoms with E-state index in [0.717, 1.165) is 31.6 Å². The van der Waals surface area contributed by atoms with E-state index in [2.05, 4.69) is 5.32 Å². The van der Waals surface area contributed by atoms with Gasteiger partial charge in [-0.25, -0.2) is 0 Å². The number of carbonyl (C=O) groups excluding carboxylic acids is 2. The average molecular weight is 337 g/mol. The minimum atomic E-state index is -0.165. The maximum Gasteiger partial charge on any atom is 0.255 e. The van der Waals surface area contributed by atoms with Gasteiger partial charge in [0.2, 0.25) is 0 Å². The fourth-order valence-corrected chi connectivity index (χ4v) is 2.93. The van der Waals surface area contributed by atoms with E-state index in [1.807, 2.05) is 42.1 Å². The van der Waals surface area contributed by atoms with Gasteiger partial charge in [-0.15, -0.1) is 0 Å². The molecule has 0 spiro atoms. The number of nitrogens with one attached hydrogen (secondary N) is 1. The van der Waals surface area contributed by atoms with Crippen molar-refractivity contribution in [1.82, 2.24) is 4.90 Å². The lowest BCUT2D eigenvalue weighted by Gasteiger charge is -2.15. The zero-order valence-corrected chi connectivity index (χ0v) is 14.7. The highest BCUT2D eigenvalue weighted by molar-refractivity contribution is 6.05. The van der Waals surface area contributed by atoms with Crippen molar-refractivity contribution >= 4 is 23.2 Å². The summed E-state index contributed by atoms with van der Waals surface area (Å²) in [4.78, 5) is 28.6. The summed E-state index contributed by atoms with van der Waals surface area (Å²) < 4.78 is 0. The Morgan fingerprint density at radius 1 is 0.960 bits per heavy atom. The van der Waals surface area contributed by atoms with Gasteiger partial charge in [0, 0.05) is 49.7 Å². The molecule has 25 heavy (non-hydrogen) atoms. The van der Waals surface area contributed by atoms with Crippen LogP contribution in [-0.2, 0) is 0 Å². The van der Waals surface area contributed by atoms with Crippen molar-refractivity contribution in [2.75, 3.05) is 37.4 Å². The van der Waals surface area contributed by atoms with Crippen molar-refractivity contribution < 1.29 is 9.59 Å². The lowest BCUT2D eigenvalue weighted by atomic mass is 10.1. The molecular formula is C20H23N3O2. The van der Waals surface area contributed by atoms with Gasteiger partial charge in [-0.1, -0.05) is 6.07 Å². The van der Waals surface area contributed by atoms with Crippen LogP contribution in [-0.4, -0.2) is 43.9 Å². The van der Waals surface area contributed by atoms with E-state index in [-0.39, 0.29) is 11.8 Å². The summed E-state index contributed by atoms with van der Waals surface area (Å²) in [6, 6.07) is 14.5. The Hall–Kier alpha value is -2.82. The van der Waals surface area contributed by atoms with Crippen LogP contribution in [0.1, 0.15) is 33.6 Å². The Kier molecular flexibility index (Phi) is 5.03. The van der Waals surface area contributed by atoms with Gasteiger partial charge < -0.3 is 15.1 Å². The fraction of sp³-hybridized carbons (Fsp3) is 0.300. The van der Waals surface area contributed by atoms with Crippen LogP contribution in [0.5, 0.6) is 0 Å². The molecule has 0 radical (unpaired) electrons. The fourth-order valence-electron chi connectivity index (χ4n) is 2.93. The van der Waals surface area contributed by atoms with E-state index in [0.29, 0.717) is 16.8 Å². The van der Waals surface area contributed by atoms with Crippen LogP contribution in [0, 0.1) is 0 Å². The van der Waals surface area contributed by atoms with Crippen molar-refractivity contribution in [3.05, 3.63) is 59.7 Å². The van der Waals surface area contributed by atoms with Crippen LogP contribution in [0.3, 0.4) is 0 Å². The van der Waals surface area contributed by atoms with Crippen molar-refractivity contribution in [2.24, 2.45) is 0 Å². The quantitative estimate of drug-likeness (QED) is 0.932. The highest BCUT2D eigenvalue weighted by Crippen LogP contribution is 2.18. The number of carbonyl (C=O) groups is 2.